The van der Waals surface area contributed by atoms with E-state index in [-0.39, 0.29) is 0 Å². The summed E-state index contributed by atoms with van der Waals surface area (Å²) in [5.74, 6) is 1.46. The zero-order valence-corrected chi connectivity index (χ0v) is 12.1. The van der Waals surface area contributed by atoms with Crippen LogP contribution in [0.4, 0.5) is 0 Å². The molecule has 5 nitrogen and oxygen atoms in total. The highest BCUT2D eigenvalue weighted by molar-refractivity contribution is 7.14. The van der Waals surface area contributed by atoms with Gasteiger partial charge in [-0.15, -0.1) is 11.3 Å². The smallest absolute Gasteiger partial charge is 0.181 e. The third-order valence-corrected chi connectivity index (χ3v) is 4.12. The summed E-state index contributed by atoms with van der Waals surface area (Å²) in [6.45, 7) is 4.05. The number of unbranched alkanes of at least 4 members (excludes halogenated alkanes) is 1. The molecular weight excluding hydrogens is 276 g/mol. The molecule has 6 heteroatoms. The third-order valence-electron chi connectivity index (χ3n) is 3.17. The van der Waals surface area contributed by atoms with Crippen LogP contribution in [-0.4, -0.2) is 29.3 Å². The second-order valence-corrected chi connectivity index (χ2v) is 5.50. The van der Waals surface area contributed by atoms with Crippen LogP contribution in [0.25, 0.3) is 10.6 Å². The number of rotatable bonds is 5. The molecule has 106 valence electrons. The largest absolute Gasteiger partial charge is 0.485 e. The lowest BCUT2D eigenvalue weighted by molar-refractivity contribution is 0.112. The first kappa shape index (κ1) is 13.2. The molecule has 3 heterocycles. The van der Waals surface area contributed by atoms with Crippen LogP contribution < -0.4 is 9.47 Å². The quantitative estimate of drug-likeness (QED) is 0.795. The van der Waals surface area contributed by atoms with Crippen molar-refractivity contribution in [3.05, 3.63) is 17.1 Å². The minimum atomic E-state index is 0.531. The van der Waals surface area contributed by atoms with Gasteiger partial charge in [0.05, 0.1) is 5.56 Å². The van der Waals surface area contributed by atoms with E-state index in [1.54, 1.807) is 6.20 Å². The lowest BCUT2D eigenvalue weighted by Crippen LogP contribution is -2.14. The van der Waals surface area contributed by atoms with E-state index in [9.17, 15) is 4.79 Å². The lowest BCUT2D eigenvalue weighted by Gasteiger charge is -2.15. The molecule has 0 radical (unpaired) electrons. The molecule has 3 rings (SSSR count). The van der Waals surface area contributed by atoms with Gasteiger partial charge in [0.1, 0.15) is 23.8 Å². The number of carbonyl (C=O) groups is 1. The monoisotopic (exact) mass is 292 g/mol. The summed E-state index contributed by atoms with van der Waals surface area (Å²) in [6, 6.07) is 0. The summed E-state index contributed by atoms with van der Waals surface area (Å²) in [5.41, 5.74) is 1.28. The van der Waals surface area contributed by atoms with Crippen molar-refractivity contribution in [1.29, 1.82) is 0 Å². The summed E-state index contributed by atoms with van der Waals surface area (Å²) in [5, 5.41) is 6.44. The molecule has 1 aliphatic rings. The van der Waals surface area contributed by atoms with Crippen LogP contribution >= 0.6 is 11.3 Å². The second kappa shape index (κ2) is 5.66. The van der Waals surface area contributed by atoms with Crippen molar-refractivity contribution >= 4 is 17.6 Å². The summed E-state index contributed by atoms with van der Waals surface area (Å²) >= 11 is 1.50. The Bertz CT molecular complexity index is 618. The molecule has 1 aliphatic heterocycles. The van der Waals surface area contributed by atoms with Gasteiger partial charge < -0.3 is 9.47 Å². The first-order valence-electron chi connectivity index (χ1n) is 6.73. The van der Waals surface area contributed by atoms with Gasteiger partial charge in [-0.1, -0.05) is 13.3 Å². The molecule has 0 saturated carbocycles. The van der Waals surface area contributed by atoms with Crippen LogP contribution in [0.3, 0.4) is 0 Å². The fourth-order valence-electron chi connectivity index (χ4n) is 2.16. The average molecular weight is 292 g/mol. The predicted octanol–water partition coefficient (Wildman–Crippen LogP) is 3.00. The highest BCUT2D eigenvalue weighted by atomic mass is 32.1. The molecule has 0 amide bonds. The number of aldehydes is 1. The maximum absolute atomic E-state index is 11.3. The van der Waals surface area contributed by atoms with E-state index in [1.165, 1.54) is 11.3 Å². The first-order chi connectivity index (χ1) is 9.83. The minimum absolute atomic E-state index is 0.531. The molecule has 0 spiro atoms. The molecule has 0 saturated heterocycles. The number of aromatic nitrogens is 2. The standard InChI is InChI=1S/C14H16N2O3S/c1-2-3-4-16-7-10(8-17)12(15-16)14-13-11(9-20-14)18-5-6-19-13/h7-9H,2-6H2,1H3. The summed E-state index contributed by atoms with van der Waals surface area (Å²) < 4.78 is 13.0. The van der Waals surface area contributed by atoms with E-state index in [0.717, 1.165) is 36.3 Å². The fourth-order valence-corrected chi connectivity index (χ4v) is 3.10. The van der Waals surface area contributed by atoms with Crippen molar-refractivity contribution in [2.75, 3.05) is 13.2 Å². The Balaban J connectivity index is 1.98. The van der Waals surface area contributed by atoms with Gasteiger partial charge in [-0.3, -0.25) is 9.48 Å². The molecule has 0 fully saturated rings. The molecule has 20 heavy (non-hydrogen) atoms. The van der Waals surface area contributed by atoms with Gasteiger partial charge in [0.25, 0.3) is 0 Å². The van der Waals surface area contributed by atoms with Gasteiger partial charge >= 0.3 is 0 Å². The van der Waals surface area contributed by atoms with Crippen molar-refractivity contribution in [3.8, 4) is 22.1 Å². The summed E-state index contributed by atoms with van der Waals surface area (Å²) in [4.78, 5) is 12.1. The zero-order chi connectivity index (χ0) is 13.9. The lowest BCUT2D eigenvalue weighted by atomic mass is 10.2. The second-order valence-electron chi connectivity index (χ2n) is 4.62. The number of aryl methyl sites for hydroxylation is 1. The highest BCUT2D eigenvalue weighted by Crippen LogP contribution is 2.45. The van der Waals surface area contributed by atoms with Crippen LogP contribution in [0.2, 0.25) is 0 Å². The van der Waals surface area contributed by atoms with Crippen molar-refractivity contribution in [1.82, 2.24) is 9.78 Å². The Morgan fingerprint density at radius 2 is 2.30 bits per heavy atom. The van der Waals surface area contributed by atoms with Crippen LogP contribution in [0, 0.1) is 0 Å². The van der Waals surface area contributed by atoms with Crippen LogP contribution in [0.1, 0.15) is 30.1 Å². The maximum atomic E-state index is 11.3. The number of fused-ring (bicyclic) bond motifs is 1. The van der Waals surface area contributed by atoms with Gasteiger partial charge in [-0.25, -0.2) is 0 Å². The van der Waals surface area contributed by atoms with E-state index in [1.807, 2.05) is 10.1 Å². The molecule has 0 N–H and O–H groups in total. The normalized spacial score (nSPS) is 13.4. The Hall–Kier alpha value is -1.82. The van der Waals surface area contributed by atoms with Gasteiger partial charge in [-0.05, 0) is 6.42 Å². The Kier molecular flexibility index (Phi) is 3.73. The van der Waals surface area contributed by atoms with Gasteiger partial charge in [-0.2, -0.15) is 5.10 Å². The van der Waals surface area contributed by atoms with Crippen molar-refractivity contribution in [2.24, 2.45) is 0 Å². The first-order valence-corrected chi connectivity index (χ1v) is 7.61. The molecular formula is C14H16N2O3S. The fraction of sp³-hybridized carbons (Fsp3) is 0.429. The number of carbonyl (C=O) groups excluding carboxylic acids is 1. The SMILES string of the molecule is CCCCn1cc(C=O)c(-c2scc3c2OCCO3)n1. The number of ether oxygens (including phenoxy) is 2. The van der Waals surface area contributed by atoms with E-state index >= 15 is 0 Å². The van der Waals surface area contributed by atoms with Crippen molar-refractivity contribution in [2.45, 2.75) is 26.3 Å². The van der Waals surface area contributed by atoms with Crippen LogP contribution in [0.5, 0.6) is 11.5 Å². The summed E-state index contributed by atoms with van der Waals surface area (Å²) in [7, 11) is 0. The minimum Gasteiger partial charge on any atom is -0.485 e. The Morgan fingerprint density at radius 1 is 1.45 bits per heavy atom. The van der Waals surface area contributed by atoms with Crippen LogP contribution in [0.15, 0.2) is 11.6 Å². The maximum Gasteiger partial charge on any atom is 0.181 e. The highest BCUT2D eigenvalue weighted by Gasteiger charge is 2.23. The van der Waals surface area contributed by atoms with E-state index in [4.69, 9.17) is 9.47 Å². The molecule has 0 aromatic carbocycles. The molecule has 0 atom stereocenters. The van der Waals surface area contributed by atoms with E-state index < -0.39 is 0 Å². The van der Waals surface area contributed by atoms with Crippen molar-refractivity contribution in [3.63, 3.8) is 0 Å². The topological polar surface area (TPSA) is 53.4 Å². The molecule has 0 unspecified atom stereocenters. The molecule has 2 aromatic heterocycles. The van der Waals surface area contributed by atoms with Crippen LogP contribution in [-0.2, 0) is 6.54 Å². The van der Waals surface area contributed by atoms with E-state index in [0.29, 0.717) is 30.2 Å². The van der Waals surface area contributed by atoms with Gasteiger partial charge in [0.15, 0.2) is 17.8 Å². The molecule has 2 aromatic rings. The number of thiophene rings is 1. The number of hydrogen-bond acceptors (Lipinski definition) is 5. The molecule has 0 aliphatic carbocycles. The number of hydrogen-bond donors (Lipinski definition) is 0. The number of nitrogens with zero attached hydrogens (tertiary/aromatic N) is 2. The average Bonchev–Trinajstić information content (AvgIpc) is 3.08. The predicted molar refractivity (Wildman–Crippen MR) is 76.8 cm³/mol. The Labute approximate surface area is 121 Å². The van der Waals surface area contributed by atoms with Crippen molar-refractivity contribution < 1.29 is 14.3 Å². The summed E-state index contributed by atoms with van der Waals surface area (Å²) in [6.07, 6.45) is 4.78. The molecule has 0 bridgehead atoms. The Morgan fingerprint density at radius 3 is 3.10 bits per heavy atom. The van der Waals surface area contributed by atoms with Gasteiger partial charge in [0, 0.05) is 18.1 Å². The van der Waals surface area contributed by atoms with E-state index in [2.05, 4.69) is 12.0 Å². The van der Waals surface area contributed by atoms with Gasteiger partial charge in [0.2, 0.25) is 0 Å². The third kappa shape index (κ3) is 2.31. The zero-order valence-electron chi connectivity index (χ0n) is 11.3.